The van der Waals surface area contributed by atoms with E-state index in [1.165, 1.54) is 0 Å². The monoisotopic (exact) mass is 445 g/mol. The number of carbonyl (C=O) groups is 2. The van der Waals surface area contributed by atoms with Crippen molar-refractivity contribution in [3.8, 4) is 5.75 Å². The third-order valence-corrected chi connectivity index (χ3v) is 6.35. The molecule has 0 bridgehead atoms. The zero-order chi connectivity index (χ0) is 22.9. The minimum absolute atomic E-state index is 0.0610. The van der Waals surface area contributed by atoms with Crippen molar-refractivity contribution in [3.63, 3.8) is 0 Å². The number of carbonyl (C=O) groups excluding carboxylic acids is 2. The van der Waals surface area contributed by atoms with Crippen LogP contribution in [0.2, 0.25) is 0 Å². The number of nitrogens with zero attached hydrogens (tertiary/aromatic N) is 2. The molecule has 0 aliphatic carbocycles. The summed E-state index contributed by atoms with van der Waals surface area (Å²) in [6.07, 6.45) is 5.27. The molecule has 1 aromatic carbocycles. The number of benzene rings is 1. The molecule has 1 fully saturated rings. The number of hydrogen-bond acceptors (Lipinski definition) is 5. The van der Waals surface area contributed by atoms with Crippen LogP contribution < -0.4 is 10.1 Å². The van der Waals surface area contributed by atoms with Gasteiger partial charge in [-0.25, -0.2) is 0 Å². The Balaban J connectivity index is 1.71. The minimum atomic E-state index is -0.397. The summed E-state index contributed by atoms with van der Waals surface area (Å²) in [5, 5.41) is 12.9. The van der Waals surface area contributed by atoms with E-state index in [1.807, 2.05) is 12.1 Å². The first-order valence-electron chi connectivity index (χ1n) is 12.1. The summed E-state index contributed by atoms with van der Waals surface area (Å²) in [6.45, 7) is 7.74. The number of aliphatic hydroxyl groups is 1. The van der Waals surface area contributed by atoms with Gasteiger partial charge in [-0.1, -0.05) is 12.1 Å². The molecule has 2 heterocycles. The van der Waals surface area contributed by atoms with Crippen molar-refractivity contribution >= 4 is 11.8 Å². The molecule has 7 nitrogen and oxygen atoms in total. The van der Waals surface area contributed by atoms with Crippen LogP contribution in [0, 0.1) is 0 Å². The molecular weight excluding hydrogens is 406 g/mol. The number of β-amino-alcohol motifs (C(OH)–C–C–N with tert-alkyl or cyclic N) is 1. The van der Waals surface area contributed by atoms with Crippen molar-refractivity contribution in [1.29, 1.82) is 0 Å². The van der Waals surface area contributed by atoms with E-state index in [0.29, 0.717) is 45.6 Å². The average molecular weight is 446 g/mol. The molecule has 2 aliphatic rings. The number of likely N-dealkylation sites (tertiary alicyclic amines) is 1. The molecule has 7 heteroatoms. The highest BCUT2D eigenvalue weighted by Crippen LogP contribution is 2.25. The summed E-state index contributed by atoms with van der Waals surface area (Å²) in [5.74, 6) is 1.03. The van der Waals surface area contributed by atoms with Gasteiger partial charge in [-0.2, -0.15) is 0 Å². The lowest BCUT2D eigenvalue weighted by Gasteiger charge is -2.30. The lowest BCUT2D eigenvalue weighted by molar-refractivity contribution is -0.134. The van der Waals surface area contributed by atoms with Gasteiger partial charge in [0.2, 0.25) is 11.8 Å². The highest BCUT2D eigenvalue weighted by atomic mass is 16.5. The number of rotatable bonds is 4. The van der Waals surface area contributed by atoms with Gasteiger partial charge in [0, 0.05) is 44.2 Å². The third kappa shape index (κ3) is 7.48. The van der Waals surface area contributed by atoms with Crippen LogP contribution in [0.1, 0.15) is 63.5 Å². The van der Waals surface area contributed by atoms with Crippen LogP contribution in [-0.2, 0) is 22.6 Å². The number of nitrogens with one attached hydrogen (secondary N) is 1. The van der Waals surface area contributed by atoms with Gasteiger partial charge in [-0.15, -0.1) is 0 Å². The van der Waals surface area contributed by atoms with Crippen molar-refractivity contribution in [1.82, 2.24) is 15.1 Å². The molecular formula is C25H39N3O4. The largest absolute Gasteiger partial charge is 0.493 e. The Kier molecular flexibility index (Phi) is 9.36. The van der Waals surface area contributed by atoms with Gasteiger partial charge in [0.15, 0.2) is 0 Å². The summed E-state index contributed by atoms with van der Waals surface area (Å²) in [5.41, 5.74) is 2.15. The Bertz CT molecular complexity index is 768. The molecule has 1 atom stereocenters. The normalized spacial score (nSPS) is 21.6. The number of aliphatic hydroxyl groups excluding tert-OH is 1. The molecule has 1 saturated heterocycles. The fraction of sp³-hybridized carbons (Fsp3) is 0.680. The molecule has 0 radical (unpaired) electrons. The number of piperidine rings is 1. The highest BCUT2D eigenvalue weighted by molar-refractivity contribution is 5.78. The van der Waals surface area contributed by atoms with E-state index in [1.54, 1.807) is 4.90 Å². The number of ether oxygens (including phenoxy) is 1. The summed E-state index contributed by atoms with van der Waals surface area (Å²) in [6, 6.07) is 6.40. The Hall–Kier alpha value is -2.12. The highest BCUT2D eigenvalue weighted by Gasteiger charge is 2.22. The first-order valence-corrected chi connectivity index (χ1v) is 12.1. The van der Waals surface area contributed by atoms with E-state index in [0.717, 1.165) is 55.5 Å². The van der Waals surface area contributed by atoms with E-state index in [-0.39, 0.29) is 17.9 Å². The molecule has 0 saturated carbocycles. The molecule has 0 spiro atoms. The lowest BCUT2D eigenvalue weighted by atomic mass is 10.0. The number of hydrogen-bond donors (Lipinski definition) is 2. The Morgan fingerprint density at radius 2 is 2.06 bits per heavy atom. The van der Waals surface area contributed by atoms with Crippen LogP contribution in [0.3, 0.4) is 0 Å². The van der Waals surface area contributed by atoms with E-state index in [4.69, 9.17) is 4.74 Å². The van der Waals surface area contributed by atoms with Gasteiger partial charge < -0.3 is 20.1 Å². The van der Waals surface area contributed by atoms with Crippen LogP contribution in [0.5, 0.6) is 5.75 Å². The molecule has 2 aliphatic heterocycles. The van der Waals surface area contributed by atoms with Crippen LogP contribution in [-0.4, -0.2) is 71.7 Å². The number of fused-ring (bicyclic) bond motifs is 1. The van der Waals surface area contributed by atoms with Crippen molar-refractivity contribution in [3.05, 3.63) is 29.3 Å². The maximum Gasteiger partial charge on any atom is 0.234 e. The standard InChI is InChI=1S/C25H39N3O4/c1-19(2)28-16-21-15-20(9-11-25(31)27-13-6-7-22(29)17-27)8-10-23(21)32-14-5-3-4-12-26-24(30)18-28/h8,10,15,19,22,29H,3-7,9,11-14,16-18H2,1-2H3,(H,26,30). The second-order valence-electron chi connectivity index (χ2n) is 9.34. The summed E-state index contributed by atoms with van der Waals surface area (Å²) >= 11 is 0. The maximum absolute atomic E-state index is 12.6. The Morgan fingerprint density at radius 1 is 1.22 bits per heavy atom. The fourth-order valence-corrected chi connectivity index (χ4v) is 4.34. The first kappa shape index (κ1) is 24.5. The number of amides is 2. The van der Waals surface area contributed by atoms with Crippen molar-refractivity contribution < 1.29 is 19.4 Å². The molecule has 0 aromatic heterocycles. The van der Waals surface area contributed by atoms with Gasteiger partial charge in [0.1, 0.15) is 5.75 Å². The van der Waals surface area contributed by atoms with Crippen LogP contribution in [0.25, 0.3) is 0 Å². The zero-order valence-electron chi connectivity index (χ0n) is 19.6. The smallest absolute Gasteiger partial charge is 0.234 e. The first-order chi connectivity index (χ1) is 15.4. The summed E-state index contributed by atoms with van der Waals surface area (Å²) in [4.78, 5) is 28.9. The van der Waals surface area contributed by atoms with E-state index in [9.17, 15) is 14.7 Å². The summed E-state index contributed by atoms with van der Waals surface area (Å²) < 4.78 is 6.11. The predicted molar refractivity (Wildman–Crippen MR) is 124 cm³/mol. The fourth-order valence-electron chi connectivity index (χ4n) is 4.34. The molecule has 3 rings (SSSR count). The minimum Gasteiger partial charge on any atom is -0.493 e. The van der Waals surface area contributed by atoms with Gasteiger partial charge in [-0.05, 0) is 64.0 Å². The van der Waals surface area contributed by atoms with Crippen LogP contribution in [0.4, 0.5) is 0 Å². The van der Waals surface area contributed by atoms with E-state index < -0.39 is 6.10 Å². The Morgan fingerprint density at radius 3 is 2.84 bits per heavy atom. The van der Waals surface area contributed by atoms with Crippen molar-refractivity contribution in [2.24, 2.45) is 0 Å². The van der Waals surface area contributed by atoms with Crippen LogP contribution in [0.15, 0.2) is 18.2 Å². The van der Waals surface area contributed by atoms with Gasteiger partial charge in [0.25, 0.3) is 0 Å². The SMILES string of the molecule is CC(C)N1CC(=O)NCCCCCOc2ccc(CCC(=O)N3CCCC(O)C3)cc2C1. The van der Waals surface area contributed by atoms with Gasteiger partial charge in [-0.3, -0.25) is 14.5 Å². The predicted octanol–water partition coefficient (Wildman–Crippen LogP) is 2.49. The quantitative estimate of drug-likeness (QED) is 0.744. The Labute approximate surface area is 192 Å². The molecule has 1 unspecified atom stereocenters. The molecule has 2 N–H and O–H groups in total. The molecule has 2 amide bonds. The van der Waals surface area contributed by atoms with Crippen molar-refractivity contribution in [2.45, 2.75) is 77.5 Å². The lowest BCUT2D eigenvalue weighted by Crippen LogP contribution is -2.42. The third-order valence-electron chi connectivity index (χ3n) is 6.35. The summed E-state index contributed by atoms with van der Waals surface area (Å²) in [7, 11) is 0. The molecule has 32 heavy (non-hydrogen) atoms. The van der Waals surface area contributed by atoms with E-state index >= 15 is 0 Å². The molecule has 1 aromatic rings. The van der Waals surface area contributed by atoms with E-state index in [2.05, 4.69) is 30.1 Å². The van der Waals surface area contributed by atoms with Gasteiger partial charge in [0.05, 0.1) is 19.3 Å². The van der Waals surface area contributed by atoms with Gasteiger partial charge >= 0.3 is 0 Å². The maximum atomic E-state index is 12.6. The molecule has 178 valence electrons. The topological polar surface area (TPSA) is 82.1 Å². The number of aryl methyl sites for hydroxylation is 1. The second-order valence-corrected chi connectivity index (χ2v) is 9.34. The average Bonchev–Trinajstić information content (AvgIpc) is 2.78. The second kappa shape index (κ2) is 12.2. The zero-order valence-corrected chi connectivity index (χ0v) is 19.6. The van der Waals surface area contributed by atoms with Crippen molar-refractivity contribution in [2.75, 3.05) is 32.8 Å². The van der Waals surface area contributed by atoms with Crippen LogP contribution >= 0.6 is 0 Å².